The van der Waals surface area contributed by atoms with E-state index in [1.54, 1.807) is 6.92 Å². The molecule has 0 rings (SSSR count). The highest BCUT2D eigenvalue weighted by Crippen LogP contribution is 2.11. The van der Waals surface area contributed by atoms with E-state index in [0.717, 1.165) is 6.42 Å². The molecule has 2 nitrogen and oxygen atoms in total. The maximum absolute atomic E-state index is 10.9. The Morgan fingerprint density at radius 1 is 1.33 bits per heavy atom. The third-order valence-electron chi connectivity index (χ3n) is 1.95. The van der Waals surface area contributed by atoms with E-state index in [0.29, 0.717) is 31.0 Å². The molecule has 1 unspecified atom stereocenters. The monoisotopic (exact) mass is 170 g/mol. The van der Waals surface area contributed by atoms with Crippen LogP contribution in [0.2, 0.25) is 0 Å². The van der Waals surface area contributed by atoms with Gasteiger partial charge in [-0.25, -0.2) is 0 Å². The van der Waals surface area contributed by atoms with Crippen LogP contribution in [0.15, 0.2) is 0 Å². The van der Waals surface area contributed by atoms with E-state index >= 15 is 0 Å². The van der Waals surface area contributed by atoms with E-state index in [1.165, 1.54) is 0 Å². The molecular weight excluding hydrogens is 152 g/mol. The summed E-state index contributed by atoms with van der Waals surface area (Å²) in [7, 11) is 0. The zero-order valence-electron chi connectivity index (χ0n) is 8.22. The molecule has 0 N–H and O–H groups in total. The fraction of sp³-hybridized carbons (Fsp3) is 0.800. The predicted molar refractivity (Wildman–Crippen MR) is 49.0 cm³/mol. The predicted octanol–water partition coefficient (Wildman–Crippen LogP) is 2.36. The van der Waals surface area contributed by atoms with E-state index in [2.05, 4.69) is 0 Å². The smallest absolute Gasteiger partial charge is 0.132 e. The van der Waals surface area contributed by atoms with Gasteiger partial charge in [0, 0.05) is 19.3 Å². The van der Waals surface area contributed by atoms with Crippen molar-refractivity contribution in [3.05, 3.63) is 0 Å². The van der Waals surface area contributed by atoms with E-state index in [4.69, 9.17) is 0 Å². The van der Waals surface area contributed by atoms with Gasteiger partial charge in [0.25, 0.3) is 0 Å². The van der Waals surface area contributed by atoms with Crippen molar-refractivity contribution in [2.24, 2.45) is 5.92 Å². The molecular formula is C10H18O2. The molecule has 0 saturated heterocycles. The Hall–Kier alpha value is -0.660. The van der Waals surface area contributed by atoms with Crippen LogP contribution >= 0.6 is 0 Å². The largest absolute Gasteiger partial charge is 0.300 e. The third kappa shape index (κ3) is 6.08. The summed E-state index contributed by atoms with van der Waals surface area (Å²) in [6.45, 7) is 5.49. The lowest BCUT2D eigenvalue weighted by atomic mass is 9.98. The number of carbonyl (C=O) groups excluding carboxylic acids is 2. The highest BCUT2D eigenvalue weighted by atomic mass is 16.1. The zero-order chi connectivity index (χ0) is 9.56. The lowest BCUT2D eigenvalue weighted by Crippen LogP contribution is -2.04. The number of hydrogen-bond acceptors (Lipinski definition) is 2. The standard InChI is InChI=1S/C10H18O2/c1-4-10(12)6-5-8(2)7-9(3)11/h8H,4-7H2,1-3H3. The Bertz CT molecular complexity index is 161. The average Bonchev–Trinajstić information content (AvgIpc) is 1.99. The maximum Gasteiger partial charge on any atom is 0.132 e. The molecule has 0 aromatic carbocycles. The van der Waals surface area contributed by atoms with Crippen molar-refractivity contribution in [3.8, 4) is 0 Å². The van der Waals surface area contributed by atoms with Gasteiger partial charge in [0.2, 0.25) is 0 Å². The summed E-state index contributed by atoms with van der Waals surface area (Å²) >= 11 is 0. The molecule has 0 amide bonds. The Balaban J connectivity index is 3.50. The first kappa shape index (κ1) is 11.3. The van der Waals surface area contributed by atoms with Crippen molar-refractivity contribution < 1.29 is 9.59 Å². The Morgan fingerprint density at radius 3 is 2.33 bits per heavy atom. The van der Waals surface area contributed by atoms with Crippen LogP contribution in [0.4, 0.5) is 0 Å². The van der Waals surface area contributed by atoms with Gasteiger partial charge in [0.05, 0.1) is 0 Å². The fourth-order valence-corrected chi connectivity index (χ4v) is 1.18. The first-order valence-electron chi connectivity index (χ1n) is 4.57. The van der Waals surface area contributed by atoms with Crippen molar-refractivity contribution in [3.63, 3.8) is 0 Å². The van der Waals surface area contributed by atoms with Crippen LogP contribution in [-0.2, 0) is 9.59 Å². The second-order valence-corrected chi connectivity index (χ2v) is 3.44. The molecule has 0 saturated carbocycles. The fourth-order valence-electron chi connectivity index (χ4n) is 1.18. The van der Waals surface area contributed by atoms with Gasteiger partial charge in [-0.1, -0.05) is 13.8 Å². The topological polar surface area (TPSA) is 34.1 Å². The Morgan fingerprint density at radius 2 is 1.92 bits per heavy atom. The minimum atomic E-state index is 0.214. The minimum absolute atomic E-state index is 0.214. The van der Waals surface area contributed by atoms with Crippen LogP contribution < -0.4 is 0 Å². The van der Waals surface area contributed by atoms with Gasteiger partial charge >= 0.3 is 0 Å². The molecule has 0 heterocycles. The van der Waals surface area contributed by atoms with Crippen LogP contribution in [0.5, 0.6) is 0 Å². The van der Waals surface area contributed by atoms with Gasteiger partial charge in [-0.15, -0.1) is 0 Å². The van der Waals surface area contributed by atoms with E-state index in [-0.39, 0.29) is 5.78 Å². The number of Topliss-reactive ketones (excluding diaryl/α,β-unsaturated/α-hetero) is 2. The molecule has 70 valence electrons. The lowest BCUT2D eigenvalue weighted by Gasteiger charge is -2.06. The molecule has 12 heavy (non-hydrogen) atoms. The summed E-state index contributed by atoms with van der Waals surface area (Å²) < 4.78 is 0. The maximum atomic E-state index is 10.9. The first-order valence-corrected chi connectivity index (χ1v) is 4.57. The van der Waals surface area contributed by atoms with Gasteiger partial charge in [0.15, 0.2) is 0 Å². The van der Waals surface area contributed by atoms with Crippen LogP contribution in [0.1, 0.15) is 46.5 Å². The van der Waals surface area contributed by atoms with Crippen LogP contribution in [0.25, 0.3) is 0 Å². The number of ketones is 2. The lowest BCUT2D eigenvalue weighted by molar-refractivity contribution is -0.120. The second kappa shape index (κ2) is 5.92. The summed E-state index contributed by atoms with van der Waals surface area (Å²) in [5, 5.41) is 0. The van der Waals surface area contributed by atoms with Crippen molar-refractivity contribution in [1.82, 2.24) is 0 Å². The first-order chi connectivity index (χ1) is 5.56. The number of hydrogen-bond donors (Lipinski definition) is 0. The van der Waals surface area contributed by atoms with Crippen LogP contribution in [0, 0.1) is 5.92 Å². The molecule has 0 spiro atoms. The zero-order valence-corrected chi connectivity index (χ0v) is 8.22. The van der Waals surface area contributed by atoms with Gasteiger partial charge in [0.1, 0.15) is 11.6 Å². The average molecular weight is 170 g/mol. The van der Waals surface area contributed by atoms with Crippen molar-refractivity contribution in [1.29, 1.82) is 0 Å². The molecule has 0 aliphatic carbocycles. The Labute approximate surface area is 74.3 Å². The molecule has 1 atom stereocenters. The highest BCUT2D eigenvalue weighted by Gasteiger charge is 2.07. The summed E-state index contributed by atoms with van der Waals surface area (Å²) in [5.74, 6) is 0.870. The summed E-state index contributed by atoms with van der Waals surface area (Å²) in [4.78, 5) is 21.6. The van der Waals surface area contributed by atoms with Crippen molar-refractivity contribution >= 4 is 11.6 Å². The minimum Gasteiger partial charge on any atom is -0.300 e. The second-order valence-electron chi connectivity index (χ2n) is 3.44. The Kier molecular flexibility index (Phi) is 5.60. The summed E-state index contributed by atoms with van der Waals surface area (Å²) in [6, 6.07) is 0. The molecule has 0 aliphatic heterocycles. The SMILES string of the molecule is CCC(=O)CCC(C)CC(C)=O. The van der Waals surface area contributed by atoms with Crippen molar-refractivity contribution in [2.45, 2.75) is 46.5 Å². The molecule has 0 aromatic heterocycles. The molecule has 0 fully saturated rings. The van der Waals surface area contributed by atoms with Gasteiger partial charge in [-0.2, -0.15) is 0 Å². The van der Waals surface area contributed by atoms with E-state index < -0.39 is 0 Å². The molecule has 0 aliphatic rings. The van der Waals surface area contributed by atoms with E-state index in [9.17, 15) is 9.59 Å². The summed E-state index contributed by atoms with van der Waals surface area (Å²) in [6.07, 6.45) is 2.71. The van der Waals surface area contributed by atoms with Crippen molar-refractivity contribution in [2.75, 3.05) is 0 Å². The van der Waals surface area contributed by atoms with E-state index in [1.807, 2.05) is 13.8 Å². The number of carbonyl (C=O) groups is 2. The normalized spacial score (nSPS) is 12.6. The molecule has 2 heteroatoms. The van der Waals surface area contributed by atoms with Gasteiger partial charge < -0.3 is 4.79 Å². The van der Waals surface area contributed by atoms with Crippen LogP contribution in [-0.4, -0.2) is 11.6 Å². The highest BCUT2D eigenvalue weighted by molar-refractivity contribution is 5.78. The quantitative estimate of drug-likeness (QED) is 0.613. The summed E-state index contributed by atoms with van der Waals surface area (Å²) in [5.41, 5.74) is 0. The van der Waals surface area contributed by atoms with Crippen LogP contribution in [0.3, 0.4) is 0 Å². The van der Waals surface area contributed by atoms with Gasteiger partial charge in [-0.05, 0) is 19.3 Å². The number of rotatable bonds is 6. The molecule has 0 radical (unpaired) electrons. The molecule has 0 aromatic rings. The molecule has 0 bridgehead atoms. The van der Waals surface area contributed by atoms with Gasteiger partial charge in [-0.3, -0.25) is 4.79 Å². The third-order valence-corrected chi connectivity index (χ3v) is 1.95.